The summed E-state index contributed by atoms with van der Waals surface area (Å²) in [4.78, 5) is 10.4. The Labute approximate surface area is 85.5 Å². The Bertz CT molecular complexity index is 158. The molecular formula is C10H20O4. The van der Waals surface area contributed by atoms with Crippen LogP contribution in [0.25, 0.3) is 0 Å². The lowest BCUT2D eigenvalue weighted by molar-refractivity contribution is -0.153. The molecule has 84 valence electrons. The molecular weight excluding hydrogens is 184 g/mol. The summed E-state index contributed by atoms with van der Waals surface area (Å²) in [5, 5.41) is 0. The van der Waals surface area contributed by atoms with Crippen molar-refractivity contribution in [3.05, 3.63) is 0 Å². The quantitative estimate of drug-likeness (QED) is 0.657. The fourth-order valence-electron chi connectivity index (χ4n) is 1.18. The zero-order chi connectivity index (χ0) is 11.0. The lowest BCUT2D eigenvalue weighted by Gasteiger charge is -2.11. The van der Waals surface area contributed by atoms with Gasteiger partial charge in [0.2, 0.25) is 0 Å². The highest BCUT2D eigenvalue weighted by Crippen LogP contribution is 2.19. The summed E-state index contributed by atoms with van der Waals surface area (Å²) in [6.07, 6.45) is 1.67. The SMILES string of the molecule is CC.COC1CCC(COC(C)=O)O1. The smallest absolute Gasteiger partial charge is 0.302 e. The summed E-state index contributed by atoms with van der Waals surface area (Å²) >= 11 is 0. The highest BCUT2D eigenvalue weighted by Gasteiger charge is 2.25. The Hall–Kier alpha value is -0.610. The van der Waals surface area contributed by atoms with Gasteiger partial charge >= 0.3 is 5.97 Å². The number of rotatable bonds is 3. The molecule has 14 heavy (non-hydrogen) atoms. The fraction of sp³-hybridized carbons (Fsp3) is 0.900. The topological polar surface area (TPSA) is 44.8 Å². The third-order valence-electron chi connectivity index (χ3n) is 1.80. The number of carbonyl (C=O) groups excluding carboxylic acids is 1. The van der Waals surface area contributed by atoms with Crippen molar-refractivity contribution in [3.8, 4) is 0 Å². The number of hydrogen-bond acceptors (Lipinski definition) is 4. The Morgan fingerprint density at radius 1 is 1.43 bits per heavy atom. The zero-order valence-corrected chi connectivity index (χ0v) is 9.41. The van der Waals surface area contributed by atoms with Gasteiger partial charge in [0.25, 0.3) is 0 Å². The zero-order valence-electron chi connectivity index (χ0n) is 9.41. The highest BCUT2D eigenvalue weighted by atomic mass is 16.7. The standard InChI is InChI=1S/C8H14O4.C2H6/c1-6(9)11-5-7-3-4-8(10-2)12-7;1-2/h7-8H,3-5H2,1-2H3;1-2H3. The lowest BCUT2D eigenvalue weighted by atomic mass is 10.2. The molecule has 0 amide bonds. The summed E-state index contributed by atoms with van der Waals surface area (Å²) in [5.74, 6) is -0.264. The molecule has 1 saturated heterocycles. The molecule has 2 unspecified atom stereocenters. The van der Waals surface area contributed by atoms with Gasteiger partial charge in [-0.3, -0.25) is 4.79 Å². The van der Waals surface area contributed by atoms with Crippen LogP contribution >= 0.6 is 0 Å². The maximum Gasteiger partial charge on any atom is 0.302 e. The number of hydrogen-bond donors (Lipinski definition) is 0. The molecule has 0 radical (unpaired) electrons. The Morgan fingerprint density at radius 2 is 2.07 bits per heavy atom. The first-order valence-electron chi connectivity index (χ1n) is 5.04. The van der Waals surface area contributed by atoms with Crippen LogP contribution in [-0.4, -0.2) is 32.1 Å². The summed E-state index contributed by atoms with van der Waals surface area (Å²) in [5.41, 5.74) is 0. The predicted octanol–water partition coefficient (Wildman–Crippen LogP) is 1.73. The molecule has 0 bridgehead atoms. The molecule has 1 fully saturated rings. The van der Waals surface area contributed by atoms with Gasteiger partial charge in [-0.1, -0.05) is 13.8 Å². The molecule has 1 aliphatic heterocycles. The van der Waals surface area contributed by atoms with E-state index in [1.807, 2.05) is 13.8 Å². The third-order valence-corrected chi connectivity index (χ3v) is 1.80. The van der Waals surface area contributed by atoms with Crippen molar-refractivity contribution in [3.63, 3.8) is 0 Å². The van der Waals surface area contributed by atoms with Crippen molar-refractivity contribution in [2.24, 2.45) is 0 Å². The molecule has 1 rings (SSSR count). The summed E-state index contributed by atoms with van der Waals surface area (Å²) < 4.78 is 15.1. The molecule has 0 N–H and O–H groups in total. The van der Waals surface area contributed by atoms with Crippen LogP contribution in [0, 0.1) is 0 Å². The monoisotopic (exact) mass is 204 g/mol. The van der Waals surface area contributed by atoms with Crippen LogP contribution in [0.3, 0.4) is 0 Å². The highest BCUT2D eigenvalue weighted by molar-refractivity contribution is 5.65. The lowest BCUT2D eigenvalue weighted by Crippen LogP contribution is -2.19. The molecule has 0 aromatic heterocycles. The second-order valence-corrected chi connectivity index (χ2v) is 2.80. The van der Waals surface area contributed by atoms with E-state index < -0.39 is 0 Å². The van der Waals surface area contributed by atoms with Gasteiger partial charge in [-0.2, -0.15) is 0 Å². The first-order chi connectivity index (χ1) is 6.72. The van der Waals surface area contributed by atoms with Gasteiger partial charge in [-0.25, -0.2) is 0 Å². The Morgan fingerprint density at radius 3 is 2.50 bits per heavy atom. The summed E-state index contributed by atoms with van der Waals surface area (Å²) in [6, 6.07) is 0. The van der Waals surface area contributed by atoms with E-state index in [0.717, 1.165) is 12.8 Å². The van der Waals surface area contributed by atoms with Crippen molar-refractivity contribution in [2.45, 2.75) is 46.0 Å². The van der Waals surface area contributed by atoms with Gasteiger partial charge in [0.15, 0.2) is 6.29 Å². The van der Waals surface area contributed by atoms with Crippen LogP contribution in [0.1, 0.15) is 33.6 Å². The molecule has 4 heteroatoms. The molecule has 2 atom stereocenters. The average Bonchev–Trinajstić information content (AvgIpc) is 2.65. The van der Waals surface area contributed by atoms with Crippen LogP contribution in [0.5, 0.6) is 0 Å². The summed E-state index contributed by atoms with van der Waals surface area (Å²) in [6.45, 7) is 5.73. The molecule has 0 aliphatic carbocycles. The van der Waals surface area contributed by atoms with E-state index in [-0.39, 0.29) is 18.4 Å². The van der Waals surface area contributed by atoms with Gasteiger partial charge < -0.3 is 14.2 Å². The average molecular weight is 204 g/mol. The second kappa shape index (κ2) is 7.76. The van der Waals surface area contributed by atoms with Crippen LogP contribution in [0.2, 0.25) is 0 Å². The van der Waals surface area contributed by atoms with E-state index in [4.69, 9.17) is 14.2 Å². The fourth-order valence-corrected chi connectivity index (χ4v) is 1.18. The molecule has 0 saturated carbocycles. The van der Waals surface area contributed by atoms with Crippen molar-refractivity contribution < 1.29 is 19.0 Å². The Kier molecular flexibility index (Phi) is 7.42. The van der Waals surface area contributed by atoms with Crippen LogP contribution < -0.4 is 0 Å². The molecule has 0 aromatic carbocycles. The summed E-state index contributed by atoms with van der Waals surface area (Å²) in [7, 11) is 1.61. The normalized spacial score (nSPS) is 25.1. The molecule has 4 nitrogen and oxygen atoms in total. The minimum Gasteiger partial charge on any atom is -0.463 e. The van der Waals surface area contributed by atoms with Gasteiger partial charge in [0.1, 0.15) is 6.61 Å². The van der Waals surface area contributed by atoms with Crippen LogP contribution in [0.4, 0.5) is 0 Å². The maximum absolute atomic E-state index is 10.4. The minimum atomic E-state index is -0.264. The van der Waals surface area contributed by atoms with E-state index in [9.17, 15) is 4.79 Å². The number of carbonyl (C=O) groups is 1. The van der Waals surface area contributed by atoms with E-state index in [0.29, 0.717) is 6.61 Å². The third kappa shape index (κ3) is 5.19. The van der Waals surface area contributed by atoms with E-state index in [2.05, 4.69) is 0 Å². The van der Waals surface area contributed by atoms with Crippen LogP contribution in [-0.2, 0) is 19.0 Å². The minimum absolute atomic E-state index is 0.0128. The molecule has 1 heterocycles. The van der Waals surface area contributed by atoms with Crippen molar-refractivity contribution in [2.75, 3.05) is 13.7 Å². The molecule has 0 spiro atoms. The van der Waals surface area contributed by atoms with E-state index >= 15 is 0 Å². The Balaban J connectivity index is 0.000000791. The van der Waals surface area contributed by atoms with Crippen molar-refractivity contribution >= 4 is 5.97 Å². The van der Waals surface area contributed by atoms with Crippen LogP contribution in [0.15, 0.2) is 0 Å². The van der Waals surface area contributed by atoms with E-state index in [1.165, 1.54) is 6.92 Å². The largest absolute Gasteiger partial charge is 0.463 e. The van der Waals surface area contributed by atoms with Gasteiger partial charge in [-0.15, -0.1) is 0 Å². The van der Waals surface area contributed by atoms with Crippen molar-refractivity contribution in [1.29, 1.82) is 0 Å². The predicted molar refractivity (Wildman–Crippen MR) is 52.9 cm³/mol. The van der Waals surface area contributed by atoms with Gasteiger partial charge in [0, 0.05) is 20.5 Å². The van der Waals surface area contributed by atoms with Gasteiger partial charge in [-0.05, 0) is 6.42 Å². The number of ether oxygens (including phenoxy) is 3. The first-order valence-corrected chi connectivity index (χ1v) is 5.04. The second-order valence-electron chi connectivity index (χ2n) is 2.80. The number of esters is 1. The van der Waals surface area contributed by atoms with E-state index in [1.54, 1.807) is 7.11 Å². The number of methoxy groups -OCH3 is 1. The maximum atomic E-state index is 10.4. The first kappa shape index (κ1) is 13.4. The molecule has 0 aromatic rings. The van der Waals surface area contributed by atoms with Crippen molar-refractivity contribution in [1.82, 2.24) is 0 Å². The van der Waals surface area contributed by atoms with Gasteiger partial charge in [0.05, 0.1) is 6.10 Å². The molecule has 1 aliphatic rings.